The van der Waals surface area contributed by atoms with Crippen LogP contribution < -0.4 is 20.1 Å². The number of ether oxygens (including phenoxy) is 3. The third-order valence-corrected chi connectivity index (χ3v) is 6.81. The van der Waals surface area contributed by atoms with Gasteiger partial charge in [-0.1, -0.05) is 13.8 Å². The van der Waals surface area contributed by atoms with Gasteiger partial charge in [0.05, 0.1) is 18.0 Å². The molecule has 2 aliphatic rings. The van der Waals surface area contributed by atoms with Crippen molar-refractivity contribution in [3.63, 3.8) is 0 Å². The molecule has 11 heteroatoms. The van der Waals surface area contributed by atoms with Crippen molar-refractivity contribution >= 4 is 21.8 Å². The van der Waals surface area contributed by atoms with Crippen molar-refractivity contribution in [2.75, 3.05) is 39.5 Å². The number of fused-ring (bicyclic) bond motifs is 1. The lowest BCUT2D eigenvalue weighted by Crippen LogP contribution is -2.53. The first-order valence-electron chi connectivity index (χ1n) is 10.4. The quantitative estimate of drug-likeness (QED) is 0.573. The molecule has 0 radical (unpaired) electrons. The number of nitrogens with zero attached hydrogens (tertiary/aromatic N) is 1. The van der Waals surface area contributed by atoms with Crippen molar-refractivity contribution in [1.82, 2.24) is 14.9 Å². The van der Waals surface area contributed by atoms with E-state index in [2.05, 4.69) is 10.6 Å². The maximum Gasteiger partial charge on any atom is 0.309 e. The number of hydrogen-bond acceptors (Lipinski definition) is 7. The average Bonchev–Trinajstić information content (AvgIpc) is 2.76. The molecule has 2 aliphatic heterocycles. The molecule has 31 heavy (non-hydrogen) atoms. The number of sulfonamides is 1. The smallest absolute Gasteiger partial charge is 0.309 e. The number of rotatable bonds is 7. The van der Waals surface area contributed by atoms with Crippen molar-refractivity contribution in [2.24, 2.45) is 5.92 Å². The van der Waals surface area contributed by atoms with Crippen LogP contribution >= 0.6 is 0 Å². The second-order valence-corrected chi connectivity index (χ2v) is 9.64. The summed E-state index contributed by atoms with van der Waals surface area (Å²) in [5.41, 5.74) is 0. The SMILES string of the molecule is CC(C)CCNC(=O)C(=O)NC[C@@H]1OCCCN1S(=O)(=O)c1ccc2c(c1)OCCO2. The highest BCUT2D eigenvalue weighted by Crippen LogP contribution is 2.34. The molecule has 2 amide bonds. The Morgan fingerprint density at radius 3 is 2.55 bits per heavy atom. The highest BCUT2D eigenvalue weighted by Gasteiger charge is 2.35. The molecule has 1 fully saturated rings. The number of benzene rings is 1. The van der Waals surface area contributed by atoms with Crippen molar-refractivity contribution in [1.29, 1.82) is 0 Å². The third-order valence-electron chi connectivity index (χ3n) is 4.93. The molecule has 172 valence electrons. The van der Waals surface area contributed by atoms with Crippen molar-refractivity contribution < 1.29 is 32.2 Å². The van der Waals surface area contributed by atoms with Crippen molar-refractivity contribution in [3.8, 4) is 11.5 Å². The molecule has 0 spiro atoms. The van der Waals surface area contributed by atoms with Gasteiger partial charge in [-0.05, 0) is 30.9 Å². The van der Waals surface area contributed by atoms with Crippen LogP contribution in [0.2, 0.25) is 0 Å². The van der Waals surface area contributed by atoms with E-state index in [-0.39, 0.29) is 18.0 Å². The van der Waals surface area contributed by atoms with E-state index < -0.39 is 28.1 Å². The Morgan fingerprint density at radius 1 is 1.10 bits per heavy atom. The highest BCUT2D eigenvalue weighted by atomic mass is 32.2. The molecule has 1 saturated heterocycles. The standard InChI is InChI=1S/C20H29N3O7S/c1-14(2)6-7-21-19(24)20(25)22-13-18-23(8-3-9-30-18)31(26,27)15-4-5-16-17(12-15)29-11-10-28-16/h4-5,12,14,18H,3,6-11,13H2,1-2H3,(H,21,24)(H,22,25)/t18-/m0/s1. The molecule has 2 N–H and O–H groups in total. The van der Waals surface area contributed by atoms with Gasteiger partial charge in [0.1, 0.15) is 19.4 Å². The Balaban J connectivity index is 1.64. The van der Waals surface area contributed by atoms with E-state index in [1.165, 1.54) is 16.4 Å². The molecule has 0 saturated carbocycles. The van der Waals surface area contributed by atoms with Gasteiger partial charge >= 0.3 is 11.8 Å². The summed E-state index contributed by atoms with van der Waals surface area (Å²) in [4.78, 5) is 24.0. The molecule has 1 aromatic carbocycles. The van der Waals surface area contributed by atoms with Gasteiger partial charge in [0.25, 0.3) is 0 Å². The lowest BCUT2D eigenvalue weighted by atomic mass is 10.1. The van der Waals surface area contributed by atoms with Crippen LogP contribution in [0, 0.1) is 5.92 Å². The Kier molecular flexibility index (Phi) is 7.74. The first kappa shape index (κ1) is 23.3. The van der Waals surface area contributed by atoms with Crippen molar-refractivity contribution in [3.05, 3.63) is 18.2 Å². The second kappa shape index (κ2) is 10.3. The molecule has 0 bridgehead atoms. The predicted molar refractivity (Wildman–Crippen MR) is 111 cm³/mol. The van der Waals surface area contributed by atoms with Gasteiger partial charge < -0.3 is 24.8 Å². The van der Waals surface area contributed by atoms with Crippen LogP contribution in [0.15, 0.2) is 23.1 Å². The van der Waals surface area contributed by atoms with Crippen LogP contribution in [0.5, 0.6) is 11.5 Å². The van der Waals surface area contributed by atoms with Gasteiger partial charge in [-0.3, -0.25) is 9.59 Å². The molecular formula is C20H29N3O7S. The van der Waals surface area contributed by atoms with Gasteiger partial charge in [-0.15, -0.1) is 0 Å². The zero-order valence-corrected chi connectivity index (χ0v) is 18.6. The first-order chi connectivity index (χ1) is 14.8. The Hall–Kier alpha value is -2.37. The fourth-order valence-corrected chi connectivity index (χ4v) is 4.82. The molecule has 3 rings (SSSR count). The summed E-state index contributed by atoms with van der Waals surface area (Å²) < 4.78 is 44.2. The number of hydrogen-bond donors (Lipinski definition) is 2. The van der Waals surface area contributed by atoms with E-state index >= 15 is 0 Å². The lowest BCUT2D eigenvalue weighted by molar-refractivity contribution is -0.140. The van der Waals surface area contributed by atoms with Gasteiger partial charge in [0.2, 0.25) is 10.0 Å². The summed E-state index contributed by atoms with van der Waals surface area (Å²) in [7, 11) is -3.92. The van der Waals surface area contributed by atoms with E-state index in [1.54, 1.807) is 6.07 Å². The van der Waals surface area contributed by atoms with Gasteiger partial charge in [-0.2, -0.15) is 4.31 Å². The summed E-state index contributed by atoms with van der Waals surface area (Å²) in [5, 5.41) is 5.02. The molecule has 0 unspecified atom stereocenters. The minimum atomic E-state index is -3.92. The molecule has 1 aromatic rings. The predicted octanol–water partition coefficient (Wildman–Crippen LogP) is 0.473. The third kappa shape index (κ3) is 5.86. The van der Waals surface area contributed by atoms with E-state index in [0.717, 1.165) is 6.42 Å². The van der Waals surface area contributed by atoms with Crippen LogP contribution in [-0.2, 0) is 24.3 Å². The Bertz CT molecular complexity index is 904. The summed E-state index contributed by atoms with van der Waals surface area (Å²) >= 11 is 0. The highest BCUT2D eigenvalue weighted by molar-refractivity contribution is 7.89. The van der Waals surface area contributed by atoms with Crippen LogP contribution in [0.4, 0.5) is 0 Å². The minimum Gasteiger partial charge on any atom is -0.486 e. The van der Waals surface area contributed by atoms with E-state index in [9.17, 15) is 18.0 Å². The van der Waals surface area contributed by atoms with E-state index in [1.807, 2.05) is 13.8 Å². The van der Waals surface area contributed by atoms with Gasteiger partial charge in [0, 0.05) is 19.2 Å². The number of carbonyl (C=O) groups is 2. The van der Waals surface area contributed by atoms with Crippen LogP contribution in [-0.4, -0.2) is 70.2 Å². The number of nitrogens with one attached hydrogen (secondary N) is 2. The summed E-state index contributed by atoms with van der Waals surface area (Å²) in [6.07, 6.45) is 0.357. The zero-order valence-electron chi connectivity index (χ0n) is 17.8. The van der Waals surface area contributed by atoms with Gasteiger partial charge in [0.15, 0.2) is 11.5 Å². The van der Waals surface area contributed by atoms with E-state index in [0.29, 0.717) is 50.2 Å². The molecule has 0 aromatic heterocycles. The summed E-state index contributed by atoms with van der Waals surface area (Å²) in [5.74, 6) is -0.314. The van der Waals surface area contributed by atoms with Crippen molar-refractivity contribution in [2.45, 2.75) is 37.8 Å². The average molecular weight is 456 g/mol. The fourth-order valence-electron chi connectivity index (χ4n) is 3.24. The van der Waals surface area contributed by atoms with E-state index in [4.69, 9.17) is 14.2 Å². The topological polar surface area (TPSA) is 123 Å². The molecule has 2 heterocycles. The largest absolute Gasteiger partial charge is 0.486 e. The van der Waals surface area contributed by atoms with Gasteiger partial charge in [-0.25, -0.2) is 8.42 Å². The number of amides is 2. The maximum absolute atomic E-state index is 13.2. The maximum atomic E-state index is 13.2. The first-order valence-corrected chi connectivity index (χ1v) is 11.8. The Labute approximate surface area is 182 Å². The zero-order chi connectivity index (χ0) is 22.4. The van der Waals surface area contributed by atoms with Crippen LogP contribution in [0.1, 0.15) is 26.7 Å². The molecule has 1 atom stereocenters. The normalized spacial score (nSPS) is 19.1. The Morgan fingerprint density at radius 2 is 1.81 bits per heavy atom. The second-order valence-electron chi connectivity index (χ2n) is 7.75. The molecular weight excluding hydrogens is 426 g/mol. The van der Waals surface area contributed by atoms with Crippen LogP contribution in [0.25, 0.3) is 0 Å². The monoisotopic (exact) mass is 455 g/mol. The minimum absolute atomic E-state index is 0.0463. The molecule has 0 aliphatic carbocycles. The van der Waals surface area contributed by atoms with Crippen LogP contribution in [0.3, 0.4) is 0 Å². The number of carbonyl (C=O) groups excluding carboxylic acids is 2. The summed E-state index contributed by atoms with van der Waals surface area (Å²) in [6, 6.07) is 4.44. The fraction of sp³-hybridized carbons (Fsp3) is 0.600. The lowest BCUT2D eigenvalue weighted by Gasteiger charge is -2.34. The molecule has 10 nitrogen and oxygen atoms in total. The summed E-state index contributed by atoms with van der Waals surface area (Å²) in [6.45, 7) is 5.64.